The van der Waals surface area contributed by atoms with Crippen LogP contribution in [0.2, 0.25) is 10.0 Å². The Bertz CT molecular complexity index is 609. The van der Waals surface area contributed by atoms with E-state index in [1.165, 1.54) is 0 Å². The number of nitrogens with one attached hydrogen (secondary N) is 2. The maximum atomic E-state index is 5.99. The van der Waals surface area contributed by atoms with E-state index in [-0.39, 0.29) is 0 Å². The molecule has 4 nitrogen and oxygen atoms in total. The van der Waals surface area contributed by atoms with Crippen molar-refractivity contribution < 1.29 is 0 Å². The second-order valence-corrected chi connectivity index (χ2v) is 6.12. The van der Waals surface area contributed by atoms with Gasteiger partial charge in [0.05, 0.1) is 0 Å². The molecule has 0 saturated heterocycles. The molecule has 0 saturated carbocycles. The zero-order valence-corrected chi connectivity index (χ0v) is 13.8. The fourth-order valence-electron chi connectivity index (χ4n) is 1.80. The van der Waals surface area contributed by atoms with E-state index in [0.29, 0.717) is 27.6 Å². The Morgan fingerprint density at radius 3 is 2.24 bits per heavy atom. The molecule has 0 radical (unpaired) electrons. The Kier molecular flexibility index (Phi) is 5.26. The Balaban J connectivity index is 2.19. The minimum atomic E-state index is 0.545. The normalized spacial score (nSPS) is 10.8. The zero-order valence-electron chi connectivity index (χ0n) is 12.2. The average Bonchev–Trinajstić information content (AvgIpc) is 2.34. The summed E-state index contributed by atoms with van der Waals surface area (Å²) in [5.74, 6) is 2.74. The molecule has 112 valence electrons. The molecule has 2 N–H and O–H groups in total. The number of halogens is 2. The van der Waals surface area contributed by atoms with Crippen LogP contribution in [0, 0.1) is 12.8 Å². The predicted molar refractivity (Wildman–Crippen MR) is 89.8 cm³/mol. The maximum absolute atomic E-state index is 5.99. The van der Waals surface area contributed by atoms with Gasteiger partial charge in [-0.05, 0) is 31.0 Å². The minimum absolute atomic E-state index is 0.545. The standard InChI is InChI=1S/C15H18Cl2N4/c1-9(2)8-18-14-7-15(20-10(3)19-14)21-13-5-11(16)4-12(17)6-13/h4-7,9H,8H2,1-3H3,(H2,18,19,20,21). The highest BCUT2D eigenvalue weighted by Crippen LogP contribution is 2.25. The van der Waals surface area contributed by atoms with Crippen molar-refractivity contribution in [2.75, 3.05) is 17.2 Å². The Morgan fingerprint density at radius 1 is 1.00 bits per heavy atom. The van der Waals surface area contributed by atoms with E-state index in [1.54, 1.807) is 18.2 Å². The molecule has 0 aliphatic carbocycles. The molecule has 0 fully saturated rings. The molecule has 0 unspecified atom stereocenters. The van der Waals surface area contributed by atoms with Gasteiger partial charge in [0.25, 0.3) is 0 Å². The molecule has 0 atom stereocenters. The van der Waals surface area contributed by atoms with Crippen molar-refractivity contribution in [3.8, 4) is 0 Å². The number of nitrogens with zero attached hydrogens (tertiary/aromatic N) is 2. The molecule has 21 heavy (non-hydrogen) atoms. The Morgan fingerprint density at radius 2 is 1.62 bits per heavy atom. The van der Waals surface area contributed by atoms with Gasteiger partial charge in [-0.2, -0.15) is 0 Å². The lowest BCUT2D eigenvalue weighted by Gasteiger charge is -2.12. The van der Waals surface area contributed by atoms with Crippen molar-refractivity contribution in [3.05, 3.63) is 40.1 Å². The largest absolute Gasteiger partial charge is 0.370 e. The summed E-state index contributed by atoms with van der Waals surface area (Å²) in [4.78, 5) is 8.74. The van der Waals surface area contributed by atoms with Crippen LogP contribution in [0.3, 0.4) is 0 Å². The van der Waals surface area contributed by atoms with Crippen LogP contribution >= 0.6 is 23.2 Å². The number of anilines is 3. The van der Waals surface area contributed by atoms with Crippen molar-refractivity contribution in [2.45, 2.75) is 20.8 Å². The van der Waals surface area contributed by atoms with Gasteiger partial charge in [-0.15, -0.1) is 0 Å². The fourth-order valence-corrected chi connectivity index (χ4v) is 2.33. The summed E-state index contributed by atoms with van der Waals surface area (Å²) in [6.45, 7) is 7.01. The first kappa shape index (κ1) is 15.9. The predicted octanol–water partition coefficient (Wildman–Crippen LogP) is 4.90. The number of aromatic nitrogens is 2. The van der Waals surface area contributed by atoms with Crippen molar-refractivity contribution in [3.63, 3.8) is 0 Å². The van der Waals surface area contributed by atoms with Crippen LogP contribution in [0.25, 0.3) is 0 Å². The Labute approximate surface area is 134 Å². The third-order valence-corrected chi connectivity index (χ3v) is 3.10. The zero-order chi connectivity index (χ0) is 15.4. The molecule has 0 aliphatic rings. The van der Waals surface area contributed by atoms with Crippen LogP contribution in [0.1, 0.15) is 19.7 Å². The van der Waals surface area contributed by atoms with Crippen molar-refractivity contribution in [1.82, 2.24) is 9.97 Å². The van der Waals surface area contributed by atoms with E-state index in [1.807, 2.05) is 13.0 Å². The molecule has 0 spiro atoms. The molecule has 0 aliphatic heterocycles. The quantitative estimate of drug-likeness (QED) is 0.820. The summed E-state index contributed by atoms with van der Waals surface area (Å²) in [5, 5.41) is 7.64. The third kappa shape index (κ3) is 5.06. The molecule has 2 rings (SSSR count). The molecule has 0 bridgehead atoms. The van der Waals surface area contributed by atoms with Crippen LogP contribution in [-0.2, 0) is 0 Å². The summed E-state index contributed by atoms with van der Waals surface area (Å²) in [6, 6.07) is 7.15. The molecular formula is C15H18Cl2N4. The SMILES string of the molecule is Cc1nc(NCC(C)C)cc(Nc2cc(Cl)cc(Cl)c2)n1. The van der Waals surface area contributed by atoms with E-state index >= 15 is 0 Å². The van der Waals surface area contributed by atoms with Crippen LogP contribution in [0.15, 0.2) is 24.3 Å². The molecular weight excluding hydrogens is 307 g/mol. The number of hydrogen-bond acceptors (Lipinski definition) is 4. The topological polar surface area (TPSA) is 49.8 Å². The second kappa shape index (κ2) is 6.96. The van der Waals surface area contributed by atoms with Crippen molar-refractivity contribution >= 4 is 40.5 Å². The first-order valence-electron chi connectivity index (χ1n) is 6.75. The van der Waals surface area contributed by atoms with Crippen LogP contribution in [0.4, 0.5) is 17.3 Å². The molecule has 6 heteroatoms. The van der Waals surface area contributed by atoms with Gasteiger partial charge in [-0.3, -0.25) is 0 Å². The maximum Gasteiger partial charge on any atom is 0.136 e. The lowest BCUT2D eigenvalue weighted by molar-refractivity contribution is 0.686. The van der Waals surface area contributed by atoms with Gasteiger partial charge >= 0.3 is 0 Å². The van der Waals surface area contributed by atoms with Gasteiger partial charge in [0.2, 0.25) is 0 Å². The highest BCUT2D eigenvalue weighted by atomic mass is 35.5. The minimum Gasteiger partial charge on any atom is -0.370 e. The van der Waals surface area contributed by atoms with Crippen LogP contribution in [-0.4, -0.2) is 16.5 Å². The van der Waals surface area contributed by atoms with Crippen molar-refractivity contribution in [1.29, 1.82) is 0 Å². The van der Waals surface area contributed by atoms with E-state index in [9.17, 15) is 0 Å². The number of hydrogen-bond donors (Lipinski definition) is 2. The van der Waals surface area contributed by atoms with E-state index in [4.69, 9.17) is 23.2 Å². The molecule has 1 heterocycles. The lowest BCUT2D eigenvalue weighted by Crippen LogP contribution is -2.10. The summed E-state index contributed by atoms with van der Waals surface area (Å²) < 4.78 is 0. The first-order valence-corrected chi connectivity index (χ1v) is 7.50. The monoisotopic (exact) mass is 324 g/mol. The highest BCUT2D eigenvalue weighted by molar-refractivity contribution is 6.35. The smallest absolute Gasteiger partial charge is 0.136 e. The van der Waals surface area contributed by atoms with Gasteiger partial charge in [0, 0.05) is 28.3 Å². The molecule has 2 aromatic rings. The summed E-state index contributed by atoms with van der Waals surface area (Å²) in [5.41, 5.74) is 0.792. The van der Waals surface area contributed by atoms with Gasteiger partial charge in [0.15, 0.2) is 0 Å². The highest BCUT2D eigenvalue weighted by Gasteiger charge is 2.04. The second-order valence-electron chi connectivity index (χ2n) is 5.24. The molecule has 0 amide bonds. The number of benzene rings is 1. The van der Waals surface area contributed by atoms with Gasteiger partial charge < -0.3 is 10.6 Å². The van der Waals surface area contributed by atoms with Crippen molar-refractivity contribution in [2.24, 2.45) is 5.92 Å². The van der Waals surface area contributed by atoms with E-state index in [0.717, 1.165) is 18.1 Å². The van der Waals surface area contributed by atoms with E-state index in [2.05, 4.69) is 34.4 Å². The number of rotatable bonds is 5. The summed E-state index contributed by atoms with van der Waals surface area (Å²) >= 11 is 12.0. The van der Waals surface area contributed by atoms with Gasteiger partial charge in [-0.1, -0.05) is 37.0 Å². The van der Waals surface area contributed by atoms with Gasteiger partial charge in [0.1, 0.15) is 17.5 Å². The van der Waals surface area contributed by atoms with Crippen LogP contribution < -0.4 is 10.6 Å². The lowest BCUT2D eigenvalue weighted by atomic mass is 10.2. The fraction of sp³-hybridized carbons (Fsp3) is 0.333. The molecule has 1 aromatic carbocycles. The van der Waals surface area contributed by atoms with E-state index < -0.39 is 0 Å². The summed E-state index contributed by atoms with van der Waals surface area (Å²) in [6.07, 6.45) is 0. The van der Waals surface area contributed by atoms with Crippen LogP contribution in [0.5, 0.6) is 0 Å². The average molecular weight is 325 g/mol. The Hall–Kier alpha value is -1.52. The van der Waals surface area contributed by atoms with Gasteiger partial charge in [-0.25, -0.2) is 9.97 Å². The molecule has 1 aromatic heterocycles. The number of aryl methyl sites for hydroxylation is 1. The summed E-state index contributed by atoms with van der Waals surface area (Å²) in [7, 11) is 0. The third-order valence-electron chi connectivity index (χ3n) is 2.66. The first-order chi connectivity index (χ1) is 9.92.